The number of hydrogen-bond acceptors (Lipinski definition) is 3. The van der Waals surface area contributed by atoms with Crippen molar-refractivity contribution in [2.45, 2.75) is 13.5 Å². The molecule has 1 N–H and O–H groups in total. The number of H-pyrrole nitrogens is 1. The van der Waals surface area contributed by atoms with Crippen LogP contribution < -0.4 is 0 Å². The maximum atomic E-state index is 13.3. The van der Waals surface area contributed by atoms with E-state index in [0.717, 1.165) is 5.56 Å². The Balaban J connectivity index is 1.84. The summed E-state index contributed by atoms with van der Waals surface area (Å²) in [5.74, 6) is -0.415. The van der Waals surface area contributed by atoms with E-state index in [1.165, 1.54) is 12.1 Å². The number of carbonyl (C=O) groups is 1. The second-order valence-electron chi connectivity index (χ2n) is 4.98. The van der Waals surface area contributed by atoms with Gasteiger partial charge in [-0.1, -0.05) is 12.1 Å². The molecule has 1 amide bonds. The number of aromatic amines is 1. The SMILES string of the molecule is CCN(Cc1cccc(F)c1)C(=O)c1ccc2n[nH]nc2c1. The van der Waals surface area contributed by atoms with E-state index in [9.17, 15) is 9.18 Å². The first-order valence-corrected chi connectivity index (χ1v) is 7.01. The molecule has 2 aromatic carbocycles. The van der Waals surface area contributed by atoms with Gasteiger partial charge in [-0.2, -0.15) is 15.4 Å². The van der Waals surface area contributed by atoms with E-state index in [2.05, 4.69) is 15.4 Å². The van der Waals surface area contributed by atoms with Crippen LogP contribution in [0.1, 0.15) is 22.8 Å². The Morgan fingerprint density at radius 3 is 2.77 bits per heavy atom. The zero-order valence-corrected chi connectivity index (χ0v) is 12.1. The molecule has 22 heavy (non-hydrogen) atoms. The van der Waals surface area contributed by atoms with Gasteiger partial charge >= 0.3 is 0 Å². The summed E-state index contributed by atoms with van der Waals surface area (Å²) in [4.78, 5) is 14.3. The van der Waals surface area contributed by atoms with Crippen LogP contribution in [0.2, 0.25) is 0 Å². The van der Waals surface area contributed by atoms with E-state index in [4.69, 9.17) is 0 Å². The quantitative estimate of drug-likeness (QED) is 0.805. The molecule has 0 bridgehead atoms. The van der Waals surface area contributed by atoms with Crippen molar-refractivity contribution in [2.24, 2.45) is 0 Å². The largest absolute Gasteiger partial charge is 0.335 e. The molecular weight excluding hydrogens is 283 g/mol. The molecule has 6 heteroatoms. The van der Waals surface area contributed by atoms with Crippen LogP contribution in [0.25, 0.3) is 11.0 Å². The number of amides is 1. The van der Waals surface area contributed by atoms with Gasteiger partial charge in [0.05, 0.1) is 0 Å². The summed E-state index contributed by atoms with van der Waals surface area (Å²) in [6, 6.07) is 11.5. The molecule has 0 aliphatic rings. The molecule has 1 heterocycles. The number of benzene rings is 2. The number of halogens is 1. The molecule has 112 valence electrons. The fourth-order valence-electron chi connectivity index (χ4n) is 2.34. The minimum Gasteiger partial charge on any atom is -0.335 e. The van der Waals surface area contributed by atoms with Crippen molar-refractivity contribution in [3.05, 3.63) is 59.4 Å². The van der Waals surface area contributed by atoms with Gasteiger partial charge in [-0.05, 0) is 42.8 Å². The molecule has 0 aliphatic carbocycles. The van der Waals surface area contributed by atoms with E-state index in [1.54, 1.807) is 35.2 Å². The van der Waals surface area contributed by atoms with Crippen LogP contribution in [0, 0.1) is 5.82 Å². The van der Waals surface area contributed by atoms with Crippen molar-refractivity contribution in [3.8, 4) is 0 Å². The first-order valence-electron chi connectivity index (χ1n) is 7.01. The third-order valence-electron chi connectivity index (χ3n) is 3.49. The number of aromatic nitrogens is 3. The van der Waals surface area contributed by atoms with E-state index < -0.39 is 0 Å². The van der Waals surface area contributed by atoms with Gasteiger partial charge < -0.3 is 4.90 Å². The van der Waals surface area contributed by atoms with Gasteiger partial charge in [-0.25, -0.2) is 4.39 Å². The zero-order valence-electron chi connectivity index (χ0n) is 12.1. The number of nitrogens with one attached hydrogen (secondary N) is 1. The van der Waals surface area contributed by atoms with E-state index in [1.807, 2.05) is 6.92 Å². The summed E-state index contributed by atoms with van der Waals surface area (Å²) >= 11 is 0. The van der Waals surface area contributed by atoms with Crippen molar-refractivity contribution >= 4 is 16.9 Å². The predicted molar refractivity (Wildman–Crippen MR) is 80.7 cm³/mol. The Morgan fingerprint density at radius 2 is 2.00 bits per heavy atom. The number of nitrogens with zero attached hydrogens (tertiary/aromatic N) is 3. The van der Waals surface area contributed by atoms with Gasteiger partial charge in [0.15, 0.2) is 0 Å². The monoisotopic (exact) mass is 298 g/mol. The molecule has 0 radical (unpaired) electrons. The Labute approximate surface area is 126 Å². The highest BCUT2D eigenvalue weighted by atomic mass is 19.1. The van der Waals surface area contributed by atoms with Crippen LogP contribution >= 0.6 is 0 Å². The van der Waals surface area contributed by atoms with E-state index in [0.29, 0.717) is 29.7 Å². The lowest BCUT2D eigenvalue weighted by Gasteiger charge is -2.21. The third kappa shape index (κ3) is 2.81. The van der Waals surface area contributed by atoms with Gasteiger partial charge in [0.1, 0.15) is 16.9 Å². The molecule has 0 saturated heterocycles. The zero-order chi connectivity index (χ0) is 15.5. The molecule has 0 aliphatic heterocycles. The highest BCUT2D eigenvalue weighted by molar-refractivity contribution is 5.97. The van der Waals surface area contributed by atoms with Gasteiger partial charge in [-0.15, -0.1) is 0 Å². The van der Waals surface area contributed by atoms with Crippen molar-refractivity contribution in [3.63, 3.8) is 0 Å². The molecule has 0 atom stereocenters. The van der Waals surface area contributed by atoms with Crippen LogP contribution in [0.3, 0.4) is 0 Å². The lowest BCUT2D eigenvalue weighted by Crippen LogP contribution is -2.30. The third-order valence-corrected chi connectivity index (χ3v) is 3.49. The van der Waals surface area contributed by atoms with Crippen molar-refractivity contribution in [2.75, 3.05) is 6.54 Å². The molecule has 0 saturated carbocycles. The maximum Gasteiger partial charge on any atom is 0.254 e. The fourth-order valence-corrected chi connectivity index (χ4v) is 2.34. The normalized spacial score (nSPS) is 10.8. The first kappa shape index (κ1) is 14.2. The minimum atomic E-state index is -0.301. The lowest BCUT2D eigenvalue weighted by molar-refractivity contribution is 0.0752. The maximum absolute atomic E-state index is 13.3. The Morgan fingerprint density at radius 1 is 1.18 bits per heavy atom. The molecule has 1 aromatic heterocycles. The topological polar surface area (TPSA) is 61.9 Å². The van der Waals surface area contributed by atoms with Gasteiger partial charge in [0, 0.05) is 18.7 Å². The van der Waals surface area contributed by atoms with E-state index in [-0.39, 0.29) is 11.7 Å². The summed E-state index contributed by atoms with van der Waals surface area (Å²) in [6.07, 6.45) is 0. The summed E-state index contributed by atoms with van der Waals surface area (Å²) in [5.41, 5.74) is 2.66. The van der Waals surface area contributed by atoms with Crippen LogP contribution in [-0.4, -0.2) is 32.8 Å². The van der Waals surface area contributed by atoms with Crippen molar-refractivity contribution in [1.29, 1.82) is 0 Å². The van der Waals surface area contributed by atoms with Crippen molar-refractivity contribution < 1.29 is 9.18 Å². The molecule has 0 fully saturated rings. The number of fused-ring (bicyclic) bond motifs is 1. The number of hydrogen-bond donors (Lipinski definition) is 1. The van der Waals surface area contributed by atoms with Gasteiger partial charge in [0.25, 0.3) is 5.91 Å². The van der Waals surface area contributed by atoms with Crippen molar-refractivity contribution in [1.82, 2.24) is 20.3 Å². The average molecular weight is 298 g/mol. The Bertz CT molecular complexity index is 815. The van der Waals surface area contributed by atoms with Gasteiger partial charge in [-0.3, -0.25) is 4.79 Å². The first-order chi connectivity index (χ1) is 10.7. The molecule has 5 nitrogen and oxygen atoms in total. The summed E-state index contributed by atoms with van der Waals surface area (Å²) in [7, 11) is 0. The second-order valence-corrected chi connectivity index (χ2v) is 4.98. The molecular formula is C16H15FN4O. The Hall–Kier alpha value is -2.76. The van der Waals surface area contributed by atoms with Crippen LogP contribution in [0.5, 0.6) is 0 Å². The average Bonchev–Trinajstić information content (AvgIpc) is 2.99. The Kier molecular flexibility index (Phi) is 3.82. The predicted octanol–water partition coefficient (Wildman–Crippen LogP) is 2.76. The second kappa shape index (κ2) is 5.93. The standard InChI is InChI=1S/C16H15FN4O/c1-2-21(10-11-4-3-5-13(17)8-11)16(22)12-6-7-14-15(9-12)19-20-18-14/h3-9H,2,10H2,1H3,(H,18,19,20). The highest BCUT2D eigenvalue weighted by Crippen LogP contribution is 2.15. The van der Waals surface area contributed by atoms with Crippen LogP contribution in [0.15, 0.2) is 42.5 Å². The summed E-state index contributed by atoms with van der Waals surface area (Å²) in [6.45, 7) is 2.79. The minimum absolute atomic E-state index is 0.114. The molecule has 3 aromatic rings. The fraction of sp³-hybridized carbons (Fsp3) is 0.188. The number of carbonyl (C=O) groups excluding carboxylic acids is 1. The summed E-state index contributed by atoms with van der Waals surface area (Å²) in [5, 5.41) is 10.5. The van der Waals surface area contributed by atoms with Gasteiger partial charge in [0.2, 0.25) is 0 Å². The molecule has 3 rings (SSSR count). The summed E-state index contributed by atoms with van der Waals surface area (Å²) < 4.78 is 13.3. The lowest BCUT2D eigenvalue weighted by atomic mass is 10.1. The van der Waals surface area contributed by atoms with Crippen LogP contribution in [-0.2, 0) is 6.54 Å². The molecule has 0 unspecified atom stereocenters. The molecule has 0 spiro atoms. The smallest absolute Gasteiger partial charge is 0.254 e. The highest BCUT2D eigenvalue weighted by Gasteiger charge is 2.16. The van der Waals surface area contributed by atoms with Crippen LogP contribution in [0.4, 0.5) is 4.39 Å². The van der Waals surface area contributed by atoms with E-state index >= 15 is 0 Å². The number of rotatable bonds is 4.